The molecule has 0 fully saturated rings. The first kappa shape index (κ1) is 15.9. The number of hydrogen-bond donors (Lipinski definition) is 2. The fraction of sp³-hybridized carbons (Fsp3) is 0.118. The van der Waals surface area contributed by atoms with Gasteiger partial charge in [0.05, 0.1) is 11.0 Å². The number of nitro benzene ring substituents is 1. The normalized spacial score (nSPS) is 11.9. The zero-order valence-electron chi connectivity index (χ0n) is 12.9. The van der Waals surface area contributed by atoms with Gasteiger partial charge in [0, 0.05) is 23.2 Å². The van der Waals surface area contributed by atoms with Gasteiger partial charge in [-0.2, -0.15) is 0 Å². The molecule has 1 atom stereocenters. The summed E-state index contributed by atoms with van der Waals surface area (Å²) in [6.07, 6.45) is 0. The molecule has 0 saturated carbocycles. The Morgan fingerprint density at radius 1 is 1.21 bits per heavy atom. The minimum atomic E-state index is -0.440. The van der Waals surface area contributed by atoms with Crippen LogP contribution in [0, 0.1) is 10.1 Å². The van der Waals surface area contributed by atoms with Gasteiger partial charge in [0.15, 0.2) is 5.11 Å². The lowest BCUT2D eigenvalue weighted by molar-refractivity contribution is -0.384. The Balaban J connectivity index is 1.64. The number of hydrogen-bond acceptors (Lipinski definition) is 4. The Kier molecular flexibility index (Phi) is 4.43. The maximum absolute atomic E-state index is 10.6. The van der Waals surface area contributed by atoms with E-state index in [0.717, 1.165) is 16.7 Å². The van der Waals surface area contributed by atoms with Crippen molar-refractivity contribution < 1.29 is 9.34 Å². The van der Waals surface area contributed by atoms with E-state index in [4.69, 9.17) is 16.6 Å². The van der Waals surface area contributed by atoms with Crippen molar-refractivity contribution >= 4 is 39.7 Å². The predicted molar refractivity (Wildman–Crippen MR) is 97.1 cm³/mol. The van der Waals surface area contributed by atoms with Gasteiger partial charge in [0.25, 0.3) is 5.69 Å². The van der Waals surface area contributed by atoms with E-state index in [-0.39, 0.29) is 11.7 Å². The first-order valence-corrected chi connectivity index (χ1v) is 7.74. The van der Waals surface area contributed by atoms with E-state index >= 15 is 0 Å². The summed E-state index contributed by atoms with van der Waals surface area (Å²) in [6, 6.07) is 15.7. The number of benzene rings is 2. The summed E-state index contributed by atoms with van der Waals surface area (Å²) in [7, 11) is 0. The van der Waals surface area contributed by atoms with E-state index < -0.39 is 4.92 Å². The molecule has 0 amide bonds. The van der Waals surface area contributed by atoms with E-state index in [1.54, 1.807) is 12.1 Å². The smallest absolute Gasteiger partial charge is 0.269 e. The van der Waals surface area contributed by atoms with Crippen LogP contribution in [0.3, 0.4) is 0 Å². The number of nitro groups is 1. The SMILES string of the molecule is C[C@H](NC(=S)Nc1ccc([N+](=O)[O-])cc1)c1cc2ccccc2o1. The van der Waals surface area contributed by atoms with Crippen molar-refractivity contribution in [3.8, 4) is 0 Å². The Hall–Kier alpha value is -2.93. The minimum Gasteiger partial charge on any atom is -0.459 e. The average molecular weight is 341 g/mol. The van der Waals surface area contributed by atoms with Crippen molar-refractivity contribution in [3.63, 3.8) is 0 Å². The molecule has 24 heavy (non-hydrogen) atoms. The predicted octanol–water partition coefficient (Wildman–Crippen LogP) is 4.39. The Bertz CT molecular complexity index is 856. The van der Waals surface area contributed by atoms with Crippen LogP contribution in [0.25, 0.3) is 11.0 Å². The standard InChI is InChI=1S/C17H15N3O3S/c1-11(16-10-12-4-2-3-5-15(12)23-16)18-17(24)19-13-6-8-14(9-7-13)20(21)22/h2-11H,1H3,(H2,18,19,24)/t11-/m0/s1. The summed E-state index contributed by atoms with van der Waals surface area (Å²) in [5.74, 6) is 0.782. The fourth-order valence-electron chi connectivity index (χ4n) is 2.32. The number of nitrogens with zero attached hydrogens (tertiary/aromatic N) is 1. The van der Waals surface area contributed by atoms with E-state index in [9.17, 15) is 10.1 Å². The van der Waals surface area contributed by atoms with E-state index in [2.05, 4.69) is 10.6 Å². The number of nitrogens with one attached hydrogen (secondary N) is 2. The average Bonchev–Trinajstić information content (AvgIpc) is 2.99. The summed E-state index contributed by atoms with van der Waals surface area (Å²) in [4.78, 5) is 10.2. The number of para-hydroxylation sites is 1. The molecule has 3 rings (SSSR count). The monoisotopic (exact) mass is 341 g/mol. The molecular weight excluding hydrogens is 326 g/mol. The van der Waals surface area contributed by atoms with Gasteiger partial charge < -0.3 is 15.1 Å². The second-order valence-electron chi connectivity index (χ2n) is 5.31. The van der Waals surface area contributed by atoms with Gasteiger partial charge in [-0.1, -0.05) is 18.2 Å². The molecule has 7 heteroatoms. The van der Waals surface area contributed by atoms with Crippen molar-refractivity contribution in [1.82, 2.24) is 5.32 Å². The molecule has 6 nitrogen and oxygen atoms in total. The van der Waals surface area contributed by atoms with E-state index in [1.165, 1.54) is 12.1 Å². The Labute approximate surface area is 143 Å². The van der Waals surface area contributed by atoms with Gasteiger partial charge >= 0.3 is 0 Å². The molecule has 0 aliphatic heterocycles. The molecule has 3 aromatic rings. The molecule has 0 spiro atoms. The summed E-state index contributed by atoms with van der Waals surface area (Å²) >= 11 is 5.28. The van der Waals surface area contributed by atoms with E-state index in [0.29, 0.717) is 10.8 Å². The van der Waals surface area contributed by atoms with Crippen molar-refractivity contribution in [2.45, 2.75) is 13.0 Å². The highest BCUT2D eigenvalue weighted by molar-refractivity contribution is 7.80. The highest BCUT2D eigenvalue weighted by Gasteiger charge is 2.13. The number of non-ortho nitro benzene ring substituents is 1. The molecule has 2 aromatic carbocycles. The van der Waals surface area contributed by atoms with Crippen molar-refractivity contribution in [1.29, 1.82) is 0 Å². The highest BCUT2D eigenvalue weighted by Crippen LogP contribution is 2.23. The molecule has 0 aliphatic rings. The van der Waals surface area contributed by atoms with Crippen LogP contribution in [-0.4, -0.2) is 10.0 Å². The molecule has 0 aliphatic carbocycles. The zero-order chi connectivity index (χ0) is 17.1. The molecule has 2 N–H and O–H groups in total. The van der Waals surface area contributed by atoms with Gasteiger partial charge in [-0.05, 0) is 43.4 Å². The zero-order valence-corrected chi connectivity index (χ0v) is 13.7. The van der Waals surface area contributed by atoms with E-state index in [1.807, 2.05) is 37.3 Å². The lowest BCUT2D eigenvalue weighted by Gasteiger charge is -2.15. The largest absolute Gasteiger partial charge is 0.459 e. The van der Waals surface area contributed by atoms with Crippen LogP contribution in [0.5, 0.6) is 0 Å². The summed E-state index contributed by atoms with van der Waals surface area (Å²) < 4.78 is 5.80. The van der Waals surface area contributed by atoms with Gasteiger partial charge in [-0.15, -0.1) is 0 Å². The topological polar surface area (TPSA) is 80.3 Å². The van der Waals surface area contributed by atoms with Crippen LogP contribution in [0.2, 0.25) is 0 Å². The van der Waals surface area contributed by atoms with Crippen LogP contribution in [-0.2, 0) is 0 Å². The van der Waals surface area contributed by atoms with Crippen LogP contribution >= 0.6 is 12.2 Å². The number of thiocarbonyl (C=S) groups is 1. The fourth-order valence-corrected chi connectivity index (χ4v) is 2.61. The molecule has 0 bridgehead atoms. The first-order chi connectivity index (χ1) is 11.5. The number of fused-ring (bicyclic) bond motifs is 1. The van der Waals surface area contributed by atoms with Crippen molar-refractivity contribution in [2.75, 3.05) is 5.32 Å². The minimum absolute atomic E-state index is 0.0371. The second kappa shape index (κ2) is 6.67. The van der Waals surface area contributed by atoms with Crippen LogP contribution in [0.15, 0.2) is 59.0 Å². The summed E-state index contributed by atoms with van der Waals surface area (Å²) in [5, 5.41) is 18.2. The summed E-state index contributed by atoms with van der Waals surface area (Å²) in [6.45, 7) is 1.95. The maximum atomic E-state index is 10.6. The van der Waals surface area contributed by atoms with Crippen LogP contribution < -0.4 is 10.6 Å². The van der Waals surface area contributed by atoms with Crippen molar-refractivity contribution in [3.05, 3.63) is 70.5 Å². The lowest BCUT2D eigenvalue weighted by atomic mass is 10.2. The van der Waals surface area contributed by atoms with Gasteiger partial charge in [-0.25, -0.2) is 0 Å². The summed E-state index contributed by atoms with van der Waals surface area (Å²) in [5.41, 5.74) is 1.54. The number of furan rings is 1. The van der Waals surface area contributed by atoms with Crippen LogP contribution in [0.4, 0.5) is 11.4 Å². The number of rotatable bonds is 4. The molecule has 1 heterocycles. The second-order valence-corrected chi connectivity index (χ2v) is 5.72. The van der Waals surface area contributed by atoms with Gasteiger partial charge in [-0.3, -0.25) is 10.1 Å². The molecule has 0 radical (unpaired) electrons. The third kappa shape index (κ3) is 3.52. The molecule has 0 unspecified atom stereocenters. The maximum Gasteiger partial charge on any atom is 0.269 e. The van der Waals surface area contributed by atoms with Crippen molar-refractivity contribution in [2.24, 2.45) is 0 Å². The molecule has 1 aromatic heterocycles. The van der Waals surface area contributed by atoms with Gasteiger partial charge in [0.2, 0.25) is 0 Å². The first-order valence-electron chi connectivity index (χ1n) is 7.33. The third-order valence-electron chi connectivity index (χ3n) is 3.55. The van der Waals surface area contributed by atoms with Gasteiger partial charge in [0.1, 0.15) is 11.3 Å². The molecule has 0 saturated heterocycles. The molecule has 122 valence electrons. The Morgan fingerprint density at radius 3 is 2.58 bits per heavy atom. The highest BCUT2D eigenvalue weighted by atomic mass is 32.1. The van der Waals surface area contributed by atoms with Crippen LogP contribution in [0.1, 0.15) is 18.7 Å². The quantitative estimate of drug-likeness (QED) is 0.416. The number of anilines is 1. The Morgan fingerprint density at radius 2 is 1.92 bits per heavy atom. The molecular formula is C17H15N3O3S. The lowest BCUT2D eigenvalue weighted by Crippen LogP contribution is -2.30. The third-order valence-corrected chi connectivity index (χ3v) is 3.77.